The van der Waals surface area contributed by atoms with E-state index in [1.807, 2.05) is 0 Å². The molecule has 3 nitrogen and oxygen atoms in total. The lowest BCUT2D eigenvalue weighted by Crippen LogP contribution is -2.14. The van der Waals surface area contributed by atoms with E-state index in [0.717, 1.165) is 12.1 Å². The Hall–Kier alpha value is -1.89. The van der Waals surface area contributed by atoms with E-state index >= 15 is 0 Å². The van der Waals surface area contributed by atoms with Crippen molar-refractivity contribution in [2.75, 3.05) is 5.32 Å². The Bertz CT molecular complexity index is 644. The third kappa shape index (κ3) is 3.36. The first-order chi connectivity index (χ1) is 9.38. The van der Waals surface area contributed by atoms with Gasteiger partial charge in [0.1, 0.15) is 0 Å². The van der Waals surface area contributed by atoms with Crippen LogP contribution in [0, 0.1) is 0 Å². The fraction of sp³-hybridized carbons (Fsp3) is 0.0769. The van der Waals surface area contributed by atoms with E-state index in [4.69, 9.17) is 0 Å². The zero-order valence-corrected chi connectivity index (χ0v) is 11.5. The fourth-order valence-electron chi connectivity index (χ4n) is 1.51. The van der Waals surface area contributed by atoms with Gasteiger partial charge in [0.05, 0.1) is 15.7 Å². The summed E-state index contributed by atoms with van der Waals surface area (Å²) in [7, 11) is 0. The first-order valence-electron chi connectivity index (χ1n) is 5.46. The SMILES string of the molecule is O=C(Nc1ccncc1Br)c1cccc(C(F)(F)F)c1. The maximum atomic E-state index is 12.6. The Morgan fingerprint density at radius 3 is 2.65 bits per heavy atom. The van der Waals surface area contributed by atoms with Crippen LogP contribution < -0.4 is 5.32 Å². The number of amides is 1. The second-order valence-corrected chi connectivity index (χ2v) is 4.74. The molecule has 1 aromatic heterocycles. The number of anilines is 1. The molecule has 0 aliphatic carbocycles. The van der Waals surface area contributed by atoms with Crippen molar-refractivity contribution in [2.45, 2.75) is 6.18 Å². The molecule has 0 saturated heterocycles. The summed E-state index contributed by atoms with van der Waals surface area (Å²) in [5.41, 5.74) is -0.495. The highest BCUT2D eigenvalue weighted by molar-refractivity contribution is 9.10. The summed E-state index contributed by atoms with van der Waals surface area (Å²) in [6.45, 7) is 0. The van der Waals surface area contributed by atoms with E-state index in [1.165, 1.54) is 30.6 Å². The molecule has 0 radical (unpaired) electrons. The molecule has 20 heavy (non-hydrogen) atoms. The van der Waals surface area contributed by atoms with E-state index in [1.54, 1.807) is 0 Å². The third-order valence-corrected chi connectivity index (χ3v) is 3.10. The van der Waals surface area contributed by atoms with Crippen LogP contribution in [0.3, 0.4) is 0 Å². The van der Waals surface area contributed by atoms with Crippen LogP contribution >= 0.6 is 15.9 Å². The van der Waals surface area contributed by atoms with E-state index in [0.29, 0.717) is 10.2 Å². The molecule has 0 aliphatic heterocycles. The summed E-state index contributed by atoms with van der Waals surface area (Å²) in [4.78, 5) is 15.8. The Kier molecular flexibility index (Phi) is 4.08. The quantitative estimate of drug-likeness (QED) is 0.890. The van der Waals surface area contributed by atoms with E-state index in [2.05, 4.69) is 26.2 Å². The molecule has 0 fully saturated rings. The van der Waals surface area contributed by atoms with Crippen molar-refractivity contribution in [2.24, 2.45) is 0 Å². The van der Waals surface area contributed by atoms with Gasteiger partial charge in [-0.05, 0) is 40.2 Å². The number of hydrogen-bond acceptors (Lipinski definition) is 2. The van der Waals surface area contributed by atoms with E-state index in [-0.39, 0.29) is 5.56 Å². The Balaban J connectivity index is 2.24. The first kappa shape index (κ1) is 14.5. The molecule has 2 rings (SSSR count). The van der Waals surface area contributed by atoms with Crippen molar-refractivity contribution in [1.82, 2.24) is 4.98 Å². The predicted molar refractivity (Wildman–Crippen MR) is 71.3 cm³/mol. The van der Waals surface area contributed by atoms with Gasteiger partial charge in [-0.2, -0.15) is 13.2 Å². The summed E-state index contributed by atoms with van der Waals surface area (Å²) in [6, 6.07) is 5.78. The lowest BCUT2D eigenvalue weighted by molar-refractivity contribution is -0.137. The lowest BCUT2D eigenvalue weighted by Gasteiger charge is -2.10. The van der Waals surface area contributed by atoms with Crippen LogP contribution in [0.15, 0.2) is 47.2 Å². The minimum Gasteiger partial charge on any atom is -0.321 e. The summed E-state index contributed by atoms with van der Waals surface area (Å²) >= 11 is 3.19. The Morgan fingerprint density at radius 1 is 1.25 bits per heavy atom. The Morgan fingerprint density at radius 2 is 2.00 bits per heavy atom. The molecule has 1 N–H and O–H groups in total. The number of hydrogen-bond donors (Lipinski definition) is 1. The zero-order valence-electron chi connectivity index (χ0n) is 9.91. The molecular weight excluding hydrogens is 337 g/mol. The fourth-order valence-corrected chi connectivity index (χ4v) is 1.86. The molecule has 0 bridgehead atoms. The molecule has 1 aromatic carbocycles. The standard InChI is InChI=1S/C13H8BrF3N2O/c14-10-7-18-5-4-11(10)19-12(20)8-2-1-3-9(6-8)13(15,16)17/h1-7H,(H,18,19,20). The van der Waals surface area contributed by atoms with Crippen molar-refractivity contribution >= 4 is 27.5 Å². The molecule has 1 heterocycles. The molecule has 0 saturated carbocycles. The number of nitrogens with one attached hydrogen (secondary N) is 1. The average molecular weight is 345 g/mol. The number of pyridine rings is 1. The summed E-state index contributed by atoms with van der Waals surface area (Å²) in [6.07, 6.45) is -1.54. The van der Waals surface area contributed by atoms with Crippen molar-refractivity contribution in [3.8, 4) is 0 Å². The molecule has 0 spiro atoms. The van der Waals surface area contributed by atoms with Crippen LogP contribution in [0.5, 0.6) is 0 Å². The Labute approximate surface area is 121 Å². The monoisotopic (exact) mass is 344 g/mol. The van der Waals surface area contributed by atoms with E-state index in [9.17, 15) is 18.0 Å². The maximum Gasteiger partial charge on any atom is 0.416 e. The molecular formula is C13H8BrF3N2O. The van der Waals surface area contributed by atoms with Gasteiger partial charge >= 0.3 is 6.18 Å². The molecule has 0 atom stereocenters. The van der Waals surface area contributed by atoms with Gasteiger partial charge in [-0.3, -0.25) is 9.78 Å². The smallest absolute Gasteiger partial charge is 0.321 e. The van der Waals surface area contributed by atoms with Crippen molar-refractivity contribution in [1.29, 1.82) is 0 Å². The highest BCUT2D eigenvalue weighted by atomic mass is 79.9. The largest absolute Gasteiger partial charge is 0.416 e. The third-order valence-electron chi connectivity index (χ3n) is 2.47. The molecule has 0 unspecified atom stereocenters. The topological polar surface area (TPSA) is 42.0 Å². The number of carbonyl (C=O) groups is 1. The average Bonchev–Trinajstić information content (AvgIpc) is 2.40. The maximum absolute atomic E-state index is 12.6. The molecule has 104 valence electrons. The van der Waals surface area contributed by atoms with Gasteiger partial charge < -0.3 is 5.32 Å². The second-order valence-electron chi connectivity index (χ2n) is 3.89. The van der Waals surface area contributed by atoms with Gasteiger partial charge in [0.15, 0.2) is 0 Å². The van der Waals surface area contributed by atoms with Crippen LogP contribution in [0.25, 0.3) is 0 Å². The van der Waals surface area contributed by atoms with Gasteiger partial charge in [0.2, 0.25) is 0 Å². The van der Waals surface area contributed by atoms with Gasteiger partial charge in [0, 0.05) is 18.0 Å². The molecule has 1 amide bonds. The molecule has 0 aliphatic rings. The number of alkyl halides is 3. The predicted octanol–water partition coefficient (Wildman–Crippen LogP) is 4.12. The van der Waals surface area contributed by atoms with Crippen LogP contribution in [0.2, 0.25) is 0 Å². The van der Waals surface area contributed by atoms with Gasteiger partial charge in [-0.15, -0.1) is 0 Å². The molecule has 2 aromatic rings. The van der Waals surface area contributed by atoms with Crippen LogP contribution in [0.4, 0.5) is 18.9 Å². The van der Waals surface area contributed by atoms with Crippen LogP contribution in [0.1, 0.15) is 15.9 Å². The summed E-state index contributed by atoms with van der Waals surface area (Å²) < 4.78 is 38.3. The van der Waals surface area contributed by atoms with Crippen LogP contribution in [-0.4, -0.2) is 10.9 Å². The number of halogens is 4. The minimum absolute atomic E-state index is 0.0662. The number of aromatic nitrogens is 1. The summed E-state index contributed by atoms with van der Waals surface area (Å²) in [5.74, 6) is -0.622. The highest BCUT2D eigenvalue weighted by Crippen LogP contribution is 2.29. The number of nitrogens with zero attached hydrogens (tertiary/aromatic N) is 1. The van der Waals surface area contributed by atoms with E-state index < -0.39 is 17.6 Å². The van der Waals surface area contributed by atoms with Crippen LogP contribution in [-0.2, 0) is 6.18 Å². The van der Waals surface area contributed by atoms with Gasteiger partial charge in [-0.25, -0.2) is 0 Å². The lowest BCUT2D eigenvalue weighted by atomic mass is 10.1. The normalized spacial score (nSPS) is 11.2. The van der Waals surface area contributed by atoms with Crippen molar-refractivity contribution in [3.05, 3.63) is 58.3 Å². The van der Waals surface area contributed by atoms with Crippen molar-refractivity contribution in [3.63, 3.8) is 0 Å². The minimum atomic E-state index is -4.48. The highest BCUT2D eigenvalue weighted by Gasteiger charge is 2.30. The zero-order chi connectivity index (χ0) is 14.8. The number of rotatable bonds is 2. The molecule has 7 heteroatoms. The van der Waals surface area contributed by atoms with Crippen molar-refractivity contribution < 1.29 is 18.0 Å². The number of benzene rings is 1. The van der Waals surface area contributed by atoms with Gasteiger partial charge in [0.25, 0.3) is 5.91 Å². The number of carbonyl (C=O) groups excluding carboxylic acids is 1. The van der Waals surface area contributed by atoms with Gasteiger partial charge in [-0.1, -0.05) is 6.07 Å². The second kappa shape index (κ2) is 5.62. The summed E-state index contributed by atoms with van der Waals surface area (Å²) in [5, 5.41) is 2.51. The first-order valence-corrected chi connectivity index (χ1v) is 6.25.